The van der Waals surface area contributed by atoms with Crippen LogP contribution < -0.4 is 0 Å². The summed E-state index contributed by atoms with van der Waals surface area (Å²) in [4.78, 5) is 37.8. The lowest BCUT2D eigenvalue weighted by molar-refractivity contribution is -0.167. The van der Waals surface area contributed by atoms with Crippen LogP contribution in [0.2, 0.25) is 0 Å². The van der Waals surface area contributed by atoms with Crippen molar-refractivity contribution in [1.82, 2.24) is 0 Å². The molecule has 0 aliphatic heterocycles. The molecule has 1 atom stereocenters. The maximum Gasteiger partial charge on any atom is 0.306 e. The summed E-state index contributed by atoms with van der Waals surface area (Å²) in [6, 6.07) is 0. The fraction of sp³-hybridized carbons (Fsp3) is 0.635. The molecule has 58 heavy (non-hydrogen) atoms. The maximum absolute atomic E-state index is 12.7. The van der Waals surface area contributed by atoms with Gasteiger partial charge in [-0.1, -0.05) is 176 Å². The Labute approximate surface area is 356 Å². The average molecular weight is 805 g/mol. The first-order valence-corrected chi connectivity index (χ1v) is 23.2. The van der Waals surface area contributed by atoms with Gasteiger partial charge in [0.2, 0.25) is 0 Å². The van der Waals surface area contributed by atoms with Crippen LogP contribution in [-0.4, -0.2) is 37.2 Å². The van der Waals surface area contributed by atoms with E-state index in [1.54, 1.807) is 0 Å². The first kappa shape index (κ1) is 54.3. The largest absolute Gasteiger partial charge is 0.462 e. The van der Waals surface area contributed by atoms with Crippen LogP contribution in [0, 0.1) is 0 Å². The number of rotatable bonds is 40. The van der Waals surface area contributed by atoms with Crippen LogP contribution in [0.5, 0.6) is 0 Å². The first-order chi connectivity index (χ1) is 28.5. The molecule has 0 saturated carbocycles. The average Bonchev–Trinajstić information content (AvgIpc) is 3.22. The molecule has 0 bridgehead atoms. The zero-order valence-corrected chi connectivity index (χ0v) is 37.3. The standard InChI is InChI=1S/C52H84O6/c1-4-7-10-13-16-19-22-24-26-28-30-33-36-39-42-45-51(54)57-48-49(47-56-50(53)44-41-38-35-32-21-18-15-12-9-6-3)58-52(55)46-43-40-37-34-31-29-27-25-23-20-17-14-11-8-5-2/h7-8,10-11,16-17,19-20,24-27,30-31,33-34,49H,4-6,9,12-15,18,21-23,28-29,32,35-48H2,1-3H3/b10-7-,11-8-,19-16-,20-17-,26-24-,27-25-,33-30-,34-31-/t49-/m1/s1. The van der Waals surface area contributed by atoms with Crippen molar-refractivity contribution in [3.8, 4) is 0 Å². The number of ether oxygens (including phenoxy) is 3. The Morgan fingerprint density at radius 2 is 0.672 bits per heavy atom. The molecule has 0 unspecified atom stereocenters. The van der Waals surface area contributed by atoms with Crippen molar-refractivity contribution in [2.75, 3.05) is 13.2 Å². The Hall–Kier alpha value is -3.67. The van der Waals surface area contributed by atoms with Crippen LogP contribution in [0.25, 0.3) is 0 Å². The number of esters is 3. The minimum Gasteiger partial charge on any atom is -0.462 e. The molecule has 6 nitrogen and oxygen atoms in total. The Morgan fingerprint density at radius 3 is 1.05 bits per heavy atom. The van der Waals surface area contributed by atoms with Gasteiger partial charge in [0.05, 0.1) is 0 Å². The molecule has 0 aliphatic rings. The van der Waals surface area contributed by atoms with Gasteiger partial charge in [0.15, 0.2) is 6.10 Å². The minimum absolute atomic E-state index is 0.108. The van der Waals surface area contributed by atoms with E-state index >= 15 is 0 Å². The van der Waals surface area contributed by atoms with Gasteiger partial charge in [0.25, 0.3) is 0 Å². The second kappa shape index (κ2) is 46.0. The summed E-state index contributed by atoms with van der Waals surface area (Å²) in [5.74, 6) is -1.00. The molecule has 328 valence electrons. The molecule has 0 spiro atoms. The van der Waals surface area contributed by atoms with Gasteiger partial charge < -0.3 is 14.2 Å². The summed E-state index contributed by atoms with van der Waals surface area (Å²) < 4.78 is 16.6. The molecule has 0 rings (SSSR count). The van der Waals surface area contributed by atoms with Crippen LogP contribution in [0.15, 0.2) is 97.2 Å². The molecule has 0 saturated heterocycles. The molecule has 0 aromatic heterocycles. The molecule has 0 aliphatic carbocycles. The Kier molecular flexibility index (Phi) is 43.1. The van der Waals surface area contributed by atoms with Crippen molar-refractivity contribution in [2.24, 2.45) is 0 Å². The number of unbranched alkanes of at least 4 members (excludes halogenated alkanes) is 13. The number of carbonyl (C=O) groups is 3. The lowest BCUT2D eigenvalue weighted by Crippen LogP contribution is -2.30. The molecule has 0 heterocycles. The van der Waals surface area contributed by atoms with Crippen molar-refractivity contribution < 1.29 is 28.6 Å². The molecule has 0 aromatic rings. The first-order valence-electron chi connectivity index (χ1n) is 23.2. The highest BCUT2D eigenvalue weighted by Crippen LogP contribution is 2.13. The summed E-state index contributed by atoms with van der Waals surface area (Å²) in [5, 5.41) is 0. The van der Waals surface area contributed by atoms with Gasteiger partial charge in [0, 0.05) is 19.3 Å². The Balaban J connectivity index is 4.53. The third kappa shape index (κ3) is 43.5. The molecular formula is C52H84O6. The van der Waals surface area contributed by atoms with Gasteiger partial charge in [-0.2, -0.15) is 0 Å². The van der Waals surface area contributed by atoms with E-state index in [0.29, 0.717) is 25.7 Å². The maximum atomic E-state index is 12.7. The zero-order chi connectivity index (χ0) is 42.3. The summed E-state index contributed by atoms with van der Waals surface area (Å²) in [5.41, 5.74) is 0. The summed E-state index contributed by atoms with van der Waals surface area (Å²) >= 11 is 0. The van der Waals surface area contributed by atoms with Crippen molar-refractivity contribution in [2.45, 2.75) is 200 Å². The lowest BCUT2D eigenvalue weighted by Gasteiger charge is -2.18. The highest BCUT2D eigenvalue weighted by molar-refractivity contribution is 5.71. The fourth-order valence-corrected chi connectivity index (χ4v) is 5.89. The van der Waals surface area contributed by atoms with Crippen molar-refractivity contribution >= 4 is 17.9 Å². The third-order valence-electron chi connectivity index (χ3n) is 9.33. The molecule has 0 aromatic carbocycles. The van der Waals surface area contributed by atoms with Crippen LogP contribution in [0.1, 0.15) is 194 Å². The van der Waals surface area contributed by atoms with Crippen LogP contribution in [0.4, 0.5) is 0 Å². The topological polar surface area (TPSA) is 78.9 Å². The highest BCUT2D eigenvalue weighted by Gasteiger charge is 2.19. The molecule has 6 heteroatoms. The van der Waals surface area contributed by atoms with Crippen molar-refractivity contribution in [1.29, 1.82) is 0 Å². The second-order valence-corrected chi connectivity index (χ2v) is 14.9. The Bertz CT molecular complexity index is 1200. The van der Waals surface area contributed by atoms with Gasteiger partial charge in [-0.25, -0.2) is 0 Å². The van der Waals surface area contributed by atoms with E-state index in [0.717, 1.165) is 96.3 Å². The molecule has 0 amide bonds. The number of hydrogen-bond acceptors (Lipinski definition) is 6. The highest BCUT2D eigenvalue weighted by atomic mass is 16.6. The molecule has 0 fully saturated rings. The second-order valence-electron chi connectivity index (χ2n) is 14.9. The molecule has 0 radical (unpaired) electrons. The number of carbonyl (C=O) groups excluding carboxylic acids is 3. The summed E-state index contributed by atoms with van der Waals surface area (Å²) in [7, 11) is 0. The number of allylic oxidation sites excluding steroid dienone is 16. The predicted molar refractivity (Wildman–Crippen MR) is 247 cm³/mol. The van der Waals surface area contributed by atoms with Gasteiger partial charge >= 0.3 is 17.9 Å². The molecule has 0 N–H and O–H groups in total. The molecular weight excluding hydrogens is 721 g/mol. The van der Waals surface area contributed by atoms with Gasteiger partial charge in [-0.05, 0) is 96.3 Å². The van der Waals surface area contributed by atoms with Crippen molar-refractivity contribution in [3.63, 3.8) is 0 Å². The van der Waals surface area contributed by atoms with E-state index in [9.17, 15) is 14.4 Å². The van der Waals surface area contributed by atoms with Gasteiger partial charge in [-0.15, -0.1) is 0 Å². The Morgan fingerprint density at radius 1 is 0.362 bits per heavy atom. The van der Waals surface area contributed by atoms with E-state index in [4.69, 9.17) is 14.2 Å². The van der Waals surface area contributed by atoms with E-state index in [-0.39, 0.29) is 37.5 Å². The number of hydrogen-bond donors (Lipinski definition) is 0. The van der Waals surface area contributed by atoms with Crippen LogP contribution in [0.3, 0.4) is 0 Å². The fourth-order valence-electron chi connectivity index (χ4n) is 5.89. The smallest absolute Gasteiger partial charge is 0.306 e. The van der Waals surface area contributed by atoms with E-state index in [2.05, 4.69) is 118 Å². The van der Waals surface area contributed by atoms with E-state index < -0.39 is 6.10 Å². The van der Waals surface area contributed by atoms with Crippen molar-refractivity contribution in [3.05, 3.63) is 97.2 Å². The normalized spacial score (nSPS) is 12.9. The van der Waals surface area contributed by atoms with E-state index in [1.807, 2.05) is 0 Å². The van der Waals surface area contributed by atoms with E-state index in [1.165, 1.54) is 44.9 Å². The summed E-state index contributed by atoms with van der Waals surface area (Å²) in [6.45, 7) is 6.30. The SMILES string of the molecule is CC/C=C\C/C=C\C/C=C\C/C=C\CCCCC(=O)OC[C@@H](COC(=O)CCCCCCCCCCCC)OC(=O)CCCC/C=C\C/C=C\C/C=C\C/C=C\CC. The summed E-state index contributed by atoms with van der Waals surface area (Å²) in [6.07, 6.45) is 59.6. The minimum atomic E-state index is -0.813. The predicted octanol–water partition coefficient (Wildman–Crippen LogP) is 15.0. The lowest BCUT2D eigenvalue weighted by atomic mass is 10.1. The van der Waals surface area contributed by atoms with Gasteiger partial charge in [0.1, 0.15) is 13.2 Å². The van der Waals surface area contributed by atoms with Crippen LogP contribution in [-0.2, 0) is 28.6 Å². The monoisotopic (exact) mass is 805 g/mol. The van der Waals surface area contributed by atoms with Crippen LogP contribution >= 0.6 is 0 Å². The quantitative estimate of drug-likeness (QED) is 0.0266. The van der Waals surface area contributed by atoms with Gasteiger partial charge in [-0.3, -0.25) is 14.4 Å². The zero-order valence-electron chi connectivity index (χ0n) is 37.3. The third-order valence-corrected chi connectivity index (χ3v) is 9.33.